The first kappa shape index (κ1) is 18.6. The van der Waals surface area contributed by atoms with E-state index < -0.39 is 12.7 Å². The van der Waals surface area contributed by atoms with Crippen LogP contribution in [0.2, 0.25) is 0 Å². The van der Waals surface area contributed by atoms with E-state index in [2.05, 4.69) is 25.7 Å². The van der Waals surface area contributed by atoms with Gasteiger partial charge in [-0.15, -0.1) is 0 Å². The van der Waals surface area contributed by atoms with Crippen molar-refractivity contribution in [1.82, 2.24) is 0 Å². The standard InChI is InChI=1S/C21H30O4/c1-13-3-6-16(23)9-14(13)4-5-15-10-17(24)11-21(2)18(15)7-8-19(21)20(25)12-22/h4-5,16-19,22-24H,1,3,6-12H2,2H3/b14-4-,15-5+/t16-,17+,18-,19+,21-/m0/s1. The van der Waals surface area contributed by atoms with Crippen LogP contribution in [0.5, 0.6) is 0 Å². The van der Waals surface area contributed by atoms with Gasteiger partial charge in [-0.2, -0.15) is 0 Å². The van der Waals surface area contributed by atoms with E-state index in [1.54, 1.807) is 0 Å². The second-order valence-corrected chi connectivity index (χ2v) is 8.31. The van der Waals surface area contributed by atoms with Crippen molar-refractivity contribution in [2.24, 2.45) is 17.3 Å². The molecule has 3 fully saturated rings. The maximum absolute atomic E-state index is 12.2. The number of hydrogen-bond donors (Lipinski definition) is 3. The zero-order valence-corrected chi connectivity index (χ0v) is 15.1. The summed E-state index contributed by atoms with van der Waals surface area (Å²) >= 11 is 0. The molecule has 0 aromatic carbocycles. The van der Waals surface area contributed by atoms with Gasteiger partial charge in [-0.25, -0.2) is 0 Å². The molecule has 4 nitrogen and oxygen atoms in total. The average Bonchev–Trinajstić information content (AvgIpc) is 2.91. The van der Waals surface area contributed by atoms with Crippen LogP contribution in [0, 0.1) is 17.3 Å². The molecule has 0 heterocycles. The number of aliphatic hydroxyl groups excluding tert-OH is 3. The molecule has 5 atom stereocenters. The summed E-state index contributed by atoms with van der Waals surface area (Å²) < 4.78 is 0. The van der Waals surface area contributed by atoms with Crippen LogP contribution in [0.25, 0.3) is 0 Å². The Bertz CT molecular complexity index is 617. The molecule has 0 aliphatic heterocycles. The second kappa shape index (κ2) is 7.18. The maximum atomic E-state index is 12.2. The highest BCUT2D eigenvalue weighted by molar-refractivity contribution is 5.83. The molecular formula is C21H30O4. The summed E-state index contributed by atoms with van der Waals surface area (Å²) in [5, 5.41) is 29.6. The van der Waals surface area contributed by atoms with Gasteiger partial charge in [-0.3, -0.25) is 4.79 Å². The Morgan fingerprint density at radius 2 is 1.96 bits per heavy atom. The van der Waals surface area contributed by atoms with Crippen LogP contribution in [0.1, 0.15) is 51.9 Å². The number of aliphatic hydroxyl groups is 3. The summed E-state index contributed by atoms with van der Waals surface area (Å²) in [5.74, 6) is 0.00980. The van der Waals surface area contributed by atoms with Crippen LogP contribution in [-0.4, -0.2) is 39.9 Å². The molecule has 3 aliphatic carbocycles. The lowest BCUT2D eigenvalue weighted by Crippen LogP contribution is -2.42. The molecule has 3 N–H and O–H groups in total. The van der Waals surface area contributed by atoms with Crippen molar-refractivity contribution in [3.8, 4) is 0 Å². The molecule has 25 heavy (non-hydrogen) atoms. The quantitative estimate of drug-likeness (QED) is 0.734. The van der Waals surface area contributed by atoms with E-state index in [1.807, 2.05) is 0 Å². The Hall–Kier alpha value is -1.23. The summed E-state index contributed by atoms with van der Waals surface area (Å²) in [6.45, 7) is 5.78. The lowest BCUT2D eigenvalue weighted by molar-refractivity contribution is -0.130. The molecule has 0 aromatic rings. The summed E-state index contributed by atoms with van der Waals surface area (Å²) in [6.07, 6.45) is 8.61. The number of hydrogen-bond acceptors (Lipinski definition) is 4. The van der Waals surface area contributed by atoms with Crippen molar-refractivity contribution >= 4 is 5.78 Å². The minimum atomic E-state index is -0.446. The largest absolute Gasteiger partial charge is 0.393 e. The van der Waals surface area contributed by atoms with Crippen molar-refractivity contribution in [2.45, 2.75) is 64.1 Å². The molecule has 0 saturated heterocycles. The Morgan fingerprint density at radius 1 is 1.20 bits per heavy atom. The number of carbonyl (C=O) groups excluding carboxylic acids is 1. The minimum absolute atomic E-state index is 0.0967. The average molecular weight is 346 g/mol. The Balaban J connectivity index is 1.87. The van der Waals surface area contributed by atoms with Crippen LogP contribution in [-0.2, 0) is 4.79 Å². The zero-order valence-electron chi connectivity index (χ0n) is 15.1. The maximum Gasteiger partial charge on any atom is 0.161 e. The van der Waals surface area contributed by atoms with E-state index in [1.165, 1.54) is 5.57 Å². The van der Waals surface area contributed by atoms with Crippen LogP contribution in [0.4, 0.5) is 0 Å². The van der Waals surface area contributed by atoms with E-state index in [9.17, 15) is 20.1 Å². The van der Waals surface area contributed by atoms with Crippen molar-refractivity contribution in [2.75, 3.05) is 6.61 Å². The normalized spacial score (nSPS) is 42.0. The fourth-order valence-corrected chi connectivity index (χ4v) is 5.34. The molecular weight excluding hydrogens is 316 g/mol. The third-order valence-corrected chi connectivity index (χ3v) is 6.66. The van der Waals surface area contributed by atoms with Gasteiger partial charge in [-0.1, -0.05) is 36.8 Å². The van der Waals surface area contributed by atoms with Gasteiger partial charge in [0, 0.05) is 5.92 Å². The van der Waals surface area contributed by atoms with Crippen LogP contribution in [0.15, 0.2) is 35.5 Å². The Morgan fingerprint density at radius 3 is 2.68 bits per heavy atom. The molecule has 3 aliphatic rings. The highest BCUT2D eigenvalue weighted by Gasteiger charge is 2.53. The molecule has 0 bridgehead atoms. The number of allylic oxidation sites excluding steroid dienone is 3. The van der Waals surface area contributed by atoms with Gasteiger partial charge in [0.1, 0.15) is 6.61 Å². The van der Waals surface area contributed by atoms with E-state index in [0.717, 1.165) is 36.8 Å². The molecule has 0 unspecified atom stereocenters. The third kappa shape index (κ3) is 3.53. The van der Waals surface area contributed by atoms with Gasteiger partial charge in [0.2, 0.25) is 0 Å². The number of carbonyl (C=O) groups is 1. The van der Waals surface area contributed by atoms with Gasteiger partial charge in [-0.05, 0) is 61.9 Å². The molecule has 3 rings (SSSR count). The van der Waals surface area contributed by atoms with Crippen LogP contribution >= 0.6 is 0 Å². The zero-order chi connectivity index (χ0) is 18.2. The number of rotatable bonds is 3. The van der Waals surface area contributed by atoms with Crippen molar-refractivity contribution in [3.05, 3.63) is 35.5 Å². The Kier molecular flexibility index (Phi) is 5.33. The van der Waals surface area contributed by atoms with Crippen LogP contribution in [0.3, 0.4) is 0 Å². The smallest absolute Gasteiger partial charge is 0.161 e. The highest BCUT2D eigenvalue weighted by atomic mass is 16.3. The van der Waals surface area contributed by atoms with Crippen molar-refractivity contribution in [3.63, 3.8) is 0 Å². The fourth-order valence-electron chi connectivity index (χ4n) is 5.34. The molecule has 0 radical (unpaired) electrons. The molecule has 138 valence electrons. The number of Topliss-reactive ketones (excluding diaryl/α,β-unsaturated/α-hetero) is 1. The second-order valence-electron chi connectivity index (χ2n) is 8.31. The van der Waals surface area contributed by atoms with Gasteiger partial charge in [0.25, 0.3) is 0 Å². The Labute approximate surface area is 149 Å². The third-order valence-electron chi connectivity index (χ3n) is 6.66. The van der Waals surface area contributed by atoms with Gasteiger partial charge >= 0.3 is 0 Å². The van der Waals surface area contributed by atoms with Gasteiger partial charge in [0.05, 0.1) is 12.2 Å². The molecule has 0 aromatic heterocycles. The van der Waals surface area contributed by atoms with Crippen molar-refractivity contribution < 1.29 is 20.1 Å². The molecule has 3 saturated carbocycles. The topological polar surface area (TPSA) is 77.8 Å². The SMILES string of the molecule is C=C1CC[C@H](O)C/C1=C/C=C1\C[C@@H](O)C[C@]2(C)[C@@H](C(=O)CO)CC[C@@H]12. The summed E-state index contributed by atoms with van der Waals surface area (Å²) in [4.78, 5) is 12.2. The first-order chi connectivity index (χ1) is 11.8. The van der Waals surface area contributed by atoms with E-state index >= 15 is 0 Å². The summed E-state index contributed by atoms with van der Waals surface area (Å²) in [6, 6.07) is 0. The van der Waals surface area contributed by atoms with E-state index in [-0.39, 0.29) is 29.1 Å². The molecule has 0 amide bonds. The monoisotopic (exact) mass is 346 g/mol. The number of fused-ring (bicyclic) bond motifs is 1. The molecule has 4 heteroatoms. The van der Waals surface area contributed by atoms with Crippen LogP contribution < -0.4 is 0 Å². The van der Waals surface area contributed by atoms with Gasteiger partial charge < -0.3 is 15.3 Å². The van der Waals surface area contributed by atoms with Crippen molar-refractivity contribution in [1.29, 1.82) is 0 Å². The predicted molar refractivity (Wildman–Crippen MR) is 96.8 cm³/mol. The lowest BCUT2D eigenvalue weighted by Gasteiger charge is -2.43. The predicted octanol–water partition coefficient (Wildman–Crippen LogP) is 2.69. The van der Waals surface area contributed by atoms with E-state index in [0.29, 0.717) is 19.3 Å². The lowest BCUT2D eigenvalue weighted by atomic mass is 9.62. The minimum Gasteiger partial charge on any atom is -0.393 e. The first-order valence-corrected chi connectivity index (χ1v) is 9.42. The fraction of sp³-hybridized carbons (Fsp3) is 0.667. The highest BCUT2D eigenvalue weighted by Crippen LogP contribution is 2.57. The number of ketones is 1. The first-order valence-electron chi connectivity index (χ1n) is 9.42. The summed E-state index contributed by atoms with van der Waals surface area (Å²) in [7, 11) is 0. The summed E-state index contributed by atoms with van der Waals surface area (Å²) in [5.41, 5.74) is 3.09. The molecule has 0 spiro atoms. The van der Waals surface area contributed by atoms with Gasteiger partial charge in [0.15, 0.2) is 5.78 Å². The van der Waals surface area contributed by atoms with E-state index in [4.69, 9.17) is 0 Å².